The number of pyridine rings is 1. The summed E-state index contributed by atoms with van der Waals surface area (Å²) in [5, 5.41) is 5.78. The summed E-state index contributed by atoms with van der Waals surface area (Å²) in [5.41, 5.74) is 2.67. The Morgan fingerprint density at radius 3 is 2.25 bits per heavy atom. The number of nitrogens with one attached hydrogen (secondary N) is 2. The van der Waals surface area contributed by atoms with Gasteiger partial charge in [0.2, 0.25) is 5.91 Å². The molecule has 0 aliphatic carbocycles. The molecule has 2 N–H and O–H groups in total. The number of carbonyl (C=O) groups is 2. The Hall–Kier alpha value is -2.69. The van der Waals surface area contributed by atoms with Crippen molar-refractivity contribution in [2.24, 2.45) is 5.92 Å². The lowest BCUT2D eigenvalue weighted by Gasteiger charge is -2.22. The van der Waals surface area contributed by atoms with Crippen LogP contribution in [-0.2, 0) is 16.6 Å². The number of hydrogen-bond donors (Lipinski definition) is 2. The largest absolute Gasteiger partial charge is 0.354 e. The fourth-order valence-corrected chi connectivity index (χ4v) is 2.85. The van der Waals surface area contributed by atoms with E-state index in [1.54, 1.807) is 6.20 Å². The van der Waals surface area contributed by atoms with Crippen molar-refractivity contribution < 1.29 is 9.59 Å². The highest BCUT2D eigenvalue weighted by Crippen LogP contribution is 2.22. The lowest BCUT2D eigenvalue weighted by molar-refractivity contribution is -0.123. The van der Waals surface area contributed by atoms with Crippen LogP contribution in [0.15, 0.2) is 48.7 Å². The van der Waals surface area contributed by atoms with Gasteiger partial charge >= 0.3 is 0 Å². The quantitative estimate of drug-likeness (QED) is 0.771. The first-order valence-corrected chi connectivity index (χ1v) is 9.77. The molecule has 1 atom stereocenters. The molecule has 2 amide bonds. The number of hydrogen-bond acceptors (Lipinski definition) is 3. The van der Waals surface area contributed by atoms with Crippen molar-refractivity contribution in [1.29, 1.82) is 0 Å². The highest BCUT2D eigenvalue weighted by atomic mass is 16.2. The van der Waals surface area contributed by atoms with E-state index in [-0.39, 0.29) is 23.1 Å². The monoisotopic (exact) mass is 381 g/mol. The van der Waals surface area contributed by atoms with E-state index in [9.17, 15) is 9.59 Å². The molecule has 1 aromatic carbocycles. The molecule has 5 nitrogen and oxygen atoms in total. The van der Waals surface area contributed by atoms with Crippen molar-refractivity contribution in [2.45, 2.75) is 52.5 Å². The molecule has 2 rings (SSSR count). The summed E-state index contributed by atoms with van der Waals surface area (Å²) >= 11 is 0. The van der Waals surface area contributed by atoms with Gasteiger partial charge in [0.1, 0.15) is 6.04 Å². The SMILES string of the molecule is CC(C)[C@H](NC(=O)c1ccc(C(C)(C)C)cc1)C(=O)NCCc1ccccn1. The molecule has 0 saturated carbocycles. The van der Waals surface area contributed by atoms with Gasteiger partial charge in [-0.25, -0.2) is 0 Å². The van der Waals surface area contributed by atoms with Gasteiger partial charge in [0.15, 0.2) is 0 Å². The summed E-state index contributed by atoms with van der Waals surface area (Å²) in [6.07, 6.45) is 2.39. The minimum atomic E-state index is -0.585. The molecule has 28 heavy (non-hydrogen) atoms. The van der Waals surface area contributed by atoms with Crippen molar-refractivity contribution in [2.75, 3.05) is 6.54 Å². The van der Waals surface area contributed by atoms with Crippen LogP contribution in [-0.4, -0.2) is 29.4 Å². The fraction of sp³-hybridized carbons (Fsp3) is 0.435. The summed E-state index contributed by atoms with van der Waals surface area (Å²) in [7, 11) is 0. The lowest BCUT2D eigenvalue weighted by Crippen LogP contribution is -2.50. The smallest absolute Gasteiger partial charge is 0.251 e. The lowest BCUT2D eigenvalue weighted by atomic mass is 9.86. The van der Waals surface area contributed by atoms with Gasteiger partial charge in [-0.3, -0.25) is 14.6 Å². The molecule has 0 aliphatic heterocycles. The molecule has 0 fully saturated rings. The number of rotatable bonds is 7. The Morgan fingerprint density at radius 1 is 1.04 bits per heavy atom. The van der Waals surface area contributed by atoms with Crippen LogP contribution in [0.2, 0.25) is 0 Å². The maximum absolute atomic E-state index is 12.6. The van der Waals surface area contributed by atoms with Crippen LogP contribution >= 0.6 is 0 Å². The molecule has 5 heteroatoms. The van der Waals surface area contributed by atoms with E-state index in [1.807, 2.05) is 56.3 Å². The highest BCUT2D eigenvalue weighted by molar-refractivity contribution is 5.97. The third-order valence-corrected chi connectivity index (χ3v) is 4.66. The van der Waals surface area contributed by atoms with Crippen LogP contribution in [0.5, 0.6) is 0 Å². The minimum absolute atomic E-state index is 0.0207. The number of benzene rings is 1. The summed E-state index contributed by atoms with van der Waals surface area (Å²) in [4.78, 5) is 29.4. The summed E-state index contributed by atoms with van der Waals surface area (Å²) in [6.45, 7) is 10.7. The summed E-state index contributed by atoms with van der Waals surface area (Å²) in [6, 6.07) is 12.7. The first kappa shape index (κ1) is 21.6. The van der Waals surface area contributed by atoms with Gasteiger partial charge in [0, 0.05) is 30.4 Å². The van der Waals surface area contributed by atoms with Gasteiger partial charge in [-0.15, -0.1) is 0 Å². The molecule has 0 radical (unpaired) electrons. The van der Waals surface area contributed by atoms with Crippen molar-refractivity contribution in [1.82, 2.24) is 15.6 Å². The van der Waals surface area contributed by atoms with E-state index in [1.165, 1.54) is 0 Å². The molecular weight excluding hydrogens is 350 g/mol. The van der Waals surface area contributed by atoms with E-state index >= 15 is 0 Å². The zero-order valence-electron chi connectivity index (χ0n) is 17.5. The number of carbonyl (C=O) groups excluding carboxylic acids is 2. The molecule has 0 unspecified atom stereocenters. The maximum atomic E-state index is 12.6. The molecule has 0 aliphatic rings. The molecular formula is C23H31N3O2. The molecule has 0 saturated heterocycles. The number of aromatic nitrogens is 1. The third kappa shape index (κ3) is 6.19. The maximum Gasteiger partial charge on any atom is 0.251 e. The zero-order valence-corrected chi connectivity index (χ0v) is 17.5. The number of amides is 2. The Labute approximate surface area is 168 Å². The molecule has 2 aromatic rings. The Balaban J connectivity index is 1.95. The van der Waals surface area contributed by atoms with E-state index in [0.717, 1.165) is 11.3 Å². The van der Waals surface area contributed by atoms with Gasteiger partial charge in [0.05, 0.1) is 0 Å². The topological polar surface area (TPSA) is 71.1 Å². The highest BCUT2D eigenvalue weighted by Gasteiger charge is 2.24. The second kappa shape index (κ2) is 9.49. The van der Waals surface area contributed by atoms with Crippen LogP contribution in [0.3, 0.4) is 0 Å². The Kier molecular flexibility index (Phi) is 7.32. The van der Waals surface area contributed by atoms with Crippen LogP contribution in [0.25, 0.3) is 0 Å². The van der Waals surface area contributed by atoms with Gasteiger partial charge in [-0.2, -0.15) is 0 Å². The molecule has 1 heterocycles. The number of nitrogens with zero attached hydrogens (tertiary/aromatic N) is 1. The third-order valence-electron chi connectivity index (χ3n) is 4.66. The van der Waals surface area contributed by atoms with Crippen LogP contribution < -0.4 is 10.6 Å². The van der Waals surface area contributed by atoms with E-state index in [2.05, 4.69) is 36.4 Å². The van der Waals surface area contributed by atoms with E-state index in [4.69, 9.17) is 0 Å². The fourth-order valence-electron chi connectivity index (χ4n) is 2.85. The van der Waals surface area contributed by atoms with Crippen LogP contribution in [0, 0.1) is 5.92 Å². The van der Waals surface area contributed by atoms with Crippen molar-refractivity contribution in [3.8, 4) is 0 Å². The standard InChI is InChI=1S/C23H31N3O2/c1-16(2)20(22(28)25-15-13-19-8-6-7-14-24-19)26-21(27)17-9-11-18(12-10-17)23(3,4)5/h6-12,14,16,20H,13,15H2,1-5H3,(H,25,28)(H,26,27)/t20-/m0/s1. The van der Waals surface area contributed by atoms with Crippen LogP contribution in [0.4, 0.5) is 0 Å². The predicted molar refractivity (Wildman–Crippen MR) is 112 cm³/mol. The summed E-state index contributed by atoms with van der Waals surface area (Å²) in [5.74, 6) is -0.433. The van der Waals surface area contributed by atoms with Gasteiger partial charge in [-0.1, -0.05) is 52.8 Å². The second-order valence-electron chi connectivity index (χ2n) is 8.38. The first-order valence-electron chi connectivity index (χ1n) is 9.77. The Morgan fingerprint density at radius 2 is 1.71 bits per heavy atom. The first-order chi connectivity index (χ1) is 13.2. The van der Waals surface area contributed by atoms with Gasteiger partial charge < -0.3 is 10.6 Å². The zero-order chi connectivity index (χ0) is 20.7. The van der Waals surface area contributed by atoms with Crippen LogP contribution in [0.1, 0.15) is 56.2 Å². The molecule has 150 valence electrons. The average molecular weight is 382 g/mol. The van der Waals surface area contributed by atoms with Crippen molar-refractivity contribution >= 4 is 11.8 Å². The molecule has 0 bridgehead atoms. The molecule has 1 aromatic heterocycles. The minimum Gasteiger partial charge on any atom is -0.354 e. The van der Waals surface area contributed by atoms with Crippen molar-refractivity contribution in [3.63, 3.8) is 0 Å². The Bertz CT molecular complexity index is 778. The van der Waals surface area contributed by atoms with E-state index < -0.39 is 6.04 Å². The molecule has 0 spiro atoms. The normalized spacial score (nSPS) is 12.5. The van der Waals surface area contributed by atoms with Crippen molar-refractivity contribution in [3.05, 3.63) is 65.5 Å². The average Bonchev–Trinajstić information content (AvgIpc) is 2.65. The predicted octanol–water partition coefficient (Wildman–Crippen LogP) is 3.49. The summed E-state index contributed by atoms with van der Waals surface area (Å²) < 4.78 is 0. The second-order valence-corrected chi connectivity index (χ2v) is 8.38. The van der Waals surface area contributed by atoms with Gasteiger partial charge in [0.25, 0.3) is 5.91 Å². The van der Waals surface area contributed by atoms with E-state index in [0.29, 0.717) is 18.5 Å². The van der Waals surface area contributed by atoms with Gasteiger partial charge in [-0.05, 0) is 41.2 Å².